The van der Waals surface area contributed by atoms with E-state index in [0.717, 1.165) is 56.3 Å². The zero-order valence-electron chi connectivity index (χ0n) is 19.8. The summed E-state index contributed by atoms with van der Waals surface area (Å²) in [5.41, 5.74) is 9.90. The fraction of sp³-hybridized carbons (Fsp3) is 0.480. The van der Waals surface area contributed by atoms with Gasteiger partial charge in [-0.05, 0) is 102 Å². The Kier molecular flexibility index (Phi) is 6.97. The van der Waals surface area contributed by atoms with E-state index < -0.39 is 10.0 Å². The number of sulfonamides is 1. The van der Waals surface area contributed by atoms with E-state index in [-0.39, 0.29) is 4.90 Å². The van der Waals surface area contributed by atoms with Crippen LogP contribution < -0.4 is 16.2 Å². The van der Waals surface area contributed by atoms with E-state index in [2.05, 4.69) is 38.1 Å². The van der Waals surface area contributed by atoms with E-state index in [1.54, 1.807) is 0 Å². The van der Waals surface area contributed by atoms with Crippen molar-refractivity contribution < 1.29 is 8.42 Å². The number of rotatable bonds is 7. The van der Waals surface area contributed by atoms with E-state index in [1.807, 2.05) is 24.3 Å². The maximum Gasteiger partial charge on any atom is 0.239 e. The number of tetrazole rings is 1. The van der Waals surface area contributed by atoms with Crippen LogP contribution in [-0.2, 0) is 16.4 Å². The lowest BCUT2D eigenvalue weighted by Gasteiger charge is -2.28. The van der Waals surface area contributed by atoms with E-state index in [4.69, 9.17) is 10.9 Å². The SMILES string of the molecule is NC[C@H]1CC[C@H](Cc2ccc(-c3ccc(C4CCNC4)cc3)c(-c3nnn[nH]3)c2S(N)(=O)=O)CC1. The van der Waals surface area contributed by atoms with Crippen LogP contribution in [-0.4, -0.2) is 48.7 Å². The lowest BCUT2D eigenvalue weighted by Crippen LogP contribution is -2.23. The van der Waals surface area contributed by atoms with Crippen molar-refractivity contribution >= 4 is 10.0 Å². The van der Waals surface area contributed by atoms with Crippen LogP contribution in [0.1, 0.15) is 49.1 Å². The summed E-state index contributed by atoms with van der Waals surface area (Å²) in [4.78, 5) is 0.110. The molecule has 0 spiro atoms. The molecule has 186 valence electrons. The average Bonchev–Trinajstić information content (AvgIpc) is 3.58. The van der Waals surface area contributed by atoms with Gasteiger partial charge in [-0.15, -0.1) is 5.10 Å². The molecule has 2 heterocycles. The summed E-state index contributed by atoms with van der Waals surface area (Å²) in [6.45, 7) is 2.72. The van der Waals surface area contributed by atoms with Crippen molar-refractivity contribution in [2.45, 2.75) is 49.3 Å². The van der Waals surface area contributed by atoms with E-state index >= 15 is 0 Å². The van der Waals surface area contributed by atoms with Crippen molar-refractivity contribution in [3.63, 3.8) is 0 Å². The molecule has 1 aliphatic heterocycles. The Bertz CT molecular complexity index is 1250. The van der Waals surface area contributed by atoms with Crippen molar-refractivity contribution in [1.82, 2.24) is 25.9 Å². The van der Waals surface area contributed by atoms with Gasteiger partial charge in [0.1, 0.15) is 0 Å². The number of aromatic amines is 1. The Morgan fingerprint density at radius 1 is 0.971 bits per heavy atom. The number of nitrogens with one attached hydrogen (secondary N) is 2. The molecule has 1 aromatic heterocycles. The Hall–Kier alpha value is -2.66. The number of benzene rings is 2. The molecule has 1 saturated heterocycles. The number of nitrogens with two attached hydrogens (primary N) is 2. The Labute approximate surface area is 206 Å². The number of H-pyrrole nitrogens is 1. The topological polar surface area (TPSA) is 153 Å². The third-order valence-corrected chi connectivity index (χ3v) is 8.70. The van der Waals surface area contributed by atoms with Crippen molar-refractivity contribution in [1.29, 1.82) is 0 Å². The lowest BCUT2D eigenvalue weighted by atomic mass is 9.79. The highest BCUT2D eigenvalue weighted by molar-refractivity contribution is 7.89. The maximum absolute atomic E-state index is 13.0. The molecule has 2 fully saturated rings. The van der Waals surface area contributed by atoms with Crippen molar-refractivity contribution in [2.24, 2.45) is 22.7 Å². The summed E-state index contributed by atoms with van der Waals surface area (Å²) in [6, 6.07) is 12.2. The molecule has 3 aromatic rings. The van der Waals surface area contributed by atoms with Crippen LogP contribution in [0, 0.1) is 11.8 Å². The predicted octanol–water partition coefficient (Wildman–Crippen LogP) is 2.57. The predicted molar refractivity (Wildman–Crippen MR) is 135 cm³/mol. The van der Waals surface area contributed by atoms with Crippen LogP contribution >= 0.6 is 0 Å². The first kappa shape index (κ1) is 24.1. The van der Waals surface area contributed by atoms with Gasteiger partial charge in [-0.2, -0.15) is 0 Å². The molecule has 2 aromatic carbocycles. The van der Waals surface area contributed by atoms with Crippen LogP contribution in [0.3, 0.4) is 0 Å². The summed E-state index contributed by atoms with van der Waals surface area (Å²) in [7, 11) is -4.05. The minimum absolute atomic E-state index is 0.110. The largest absolute Gasteiger partial charge is 0.330 e. The third kappa shape index (κ3) is 5.16. The van der Waals surface area contributed by atoms with Crippen LogP contribution in [0.2, 0.25) is 0 Å². The second kappa shape index (κ2) is 10.1. The molecule has 1 unspecified atom stereocenters. The number of aromatic nitrogens is 4. The zero-order chi connectivity index (χ0) is 24.4. The molecular weight excluding hydrogens is 462 g/mol. The average molecular weight is 496 g/mol. The highest BCUT2D eigenvalue weighted by Crippen LogP contribution is 2.40. The van der Waals surface area contributed by atoms with Crippen molar-refractivity contribution in [3.8, 4) is 22.5 Å². The van der Waals surface area contributed by atoms with Gasteiger partial charge in [0.05, 0.1) is 4.90 Å². The second-order valence-electron chi connectivity index (χ2n) is 9.91. The molecule has 6 N–H and O–H groups in total. The molecule has 1 saturated carbocycles. The second-order valence-corrected chi connectivity index (χ2v) is 11.4. The molecule has 1 atom stereocenters. The van der Waals surface area contributed by atoms with Crippen LogP contribution in [0.4, 0.5) is 0 Å². The minimum atomic E-state index is -4.05. The smallest absolute Gasteiger partial charge is 0.239 e. The van der Waals surface area contributed by atoms with Gasteiger partial charge in [0.25, 0.3) is 0 Å². The molecule has 1 aliphatic carbocycles. The molecule has 9 nitrogen and oxygen atoms in total. The summed E-state index contributed by atoms with van der Waals surface area (Å²) in [5, 5.41) is 23.5. The Morgan fingerprint density at radius 2 is 1.71 bits per heavy atom. The van der Waals surface area contributed by atoms with Gasteiger partial charge in [-0.25, -0.2) is 18.7 Å². The maximum atomic E-state index is 13.0. The molecule has 0 bridgehead atoms. The summed E-state index contributed by atoms with van der Waals surface area (Å²) >= 11 is 0. The Morgan fingerprint density at radius 3 is 2.31 bits per heavy atom. The quantitative estimate of drug-likeness (QED) is 0.393. The van der Waals surface area contributed by atoms with Gasteiger partial charge >= 0.3 is 0 Å². The first-order valence-corrected chi connectivity index (χ1v) is 13.9. The van der Waals surface area contributed by atoms with Crippen molar-refractivity contribution in [2.75, 3.05) is 19.6 Å². The summed E-state index contributed by atoms with van der Waals surface area (Å²) in [6.07, 6.45) is 5.98. The van der Waals surface area contributed by atoms with Gasteiger partial charge in [0.15, 0.2) is 5.82 Å². The summed E-state index contributed by atoms with van der Waals surface area (Å²) < 4.78 is 26.0. The van der Waals surface area contributed by atoms with Gasteiger partial charge in [0, 0.05) is 12.1 Å². The molecule has 0 amide bonds. The van der Waals surface area contributed by atoms with E-state index in [9.17, 15) is 8.42 Å². The molecule has 10 heteroatoms. The number of hydrogen-bond donors (Lipinski definition) is 4. The highest BCUT2D eigenvalue weighted by atomic mass is 32.2. The van der Waals surface area contributed by atoms with Gasteiger partial charge in [-0.1, -0.05) is 36.4 Å². The zero-order valence-corrected chi connectivity index (χ0v) is 20.6. The molecule has 0 radical (unpaired) electrons. The Balaban J connectivity index is 1.57. The number of hydrogen-bond acceptors (Lipinski definition) is 7. The lowest BCUT2D eigenvalue weighted by molar-refractivity contribution is 0.278. The summed E-state index contributed by atoms with van der Waals surface area (Å²) in [5.74, 6) is 1.75. The number of primary sulfonamides is 1. The minimum Gasteiger partial charge on any atom is -0.330 e. The fourth-order valence-electron chi connectivity index (χ4n) is 5.71. The third-order valence-electron chi connectivity index (χ3n) is 7.67. The first-order chi connectivity index (χ1) is 16.9. The van der Waals surface area contributed by atoms with Crippen LogP contribution in [0.15, 0.2) is 41.3 Å². The molecule has 5 rings (SSSR count). The van der Waals surface area contributed by atoms with Crippen LogP contribution in [0.5, 0.6) is 0 Å². The normalized spacial score (nSPS) is 23.0. The molecule has 2 aliphatic rings. The monoisotopic (exact) mass is 495 g/mol. The van der Waals surface area contributed by atoms with Gasteiger partial charge < -0.3 is 11.1 Å². The van der Waals surface area contributed by atoms with E-state index in [1.165, 1.54) is 5.56 Å². The van der Waals surface area contributed by atoms with Gasteiger partial charge in [-0.3, -0.25) is 0 Å². The highest BCUT2D eigenvalue weighted by Gasteiger charge is 2.29. The standard InChI is InChI=1S/C25H33N7O2S/c26-14-17-3-1-16(2-4-17)13-20-9-10-22(19-7-5-18(6-8-19)21-11-12-28-15-21)23(24(20)35(27,33)34)25-29-31-32-30-25/h5-10,16-17,21,28H,1-4,11-15,26H2,(H2,27,33,34)(H,29,30,31,32)/t16-,17-,21?. The van der Waals surface area contributed by atoms with Gasteiger partial charge in [0.2, 0.25) is 10.0 Å². The first-order valence-electron chi connectivity index (χ1n) is 12.4. The van der Waals surface area contributed by atoms with E-state index in [0.29, 0.717) is 47.7 Å². The number of nitrogens with zero attached hydrogens (tertiary/aromatic N) is 3. The van der Waals surface area contributed by atoms with Crippen LogP contribution in [0.25, 0.3) is 22.5 Å². The fourth-order valence-corrected chi connectivity index (χ4v) is 6.72. The van der Waals surface area contributed by atoms with Crippen molar-refractivity contribution in [3.05, 3.63) is 47.5 Å². The molecular formula is C25H33N7O2S. The molecule has 35 heavy (non-hydrogen) atoms.